The van der Waals surface area contributed by atoms with E-state index in [1.807, 2.05) is 0 Å². The summed E-state index contributed by atoms with van der Waals surface area (Å²) in [6, 6.07) is 0.739. The lowest BCUT2D eigenvalue weighted by atomic mass is 10.2. The van der Waals surface area contributed by atoms with Gasteiger partial charge < -0.3 is 19.4 Å². The van der Waals surface area contributed by atoms with Crippen molar-refractivity contribution in [1.29, 1.82) is 0 Å². The van der Waals surface area contributed by atoms with Crippen molar-refractivity contribution >= 4 is 17.1 Å². The average molecular weight is 377 g/mol. The van der Waals surface area contributed by atoms with E-state index in [0.717, 1.165) is 10.6 Å². The molecule has 0 spiro atoms. The Morgan fingerprint density at radius 2 is 2.00 bits per heavy atom. The molecule has 0 saturated carbocycles. The first-order valence-electron chi connectivity index (χ1n) is 7.72. The quantitative estimate of drug-likeness (QED) is 0.806. The van der Waals surface area contributed by atoms with E-state index in [-0.39, 0.29) is 24.4 Å². The molecule has 1 aromatic carbocycles. The Morgan fingerprint density at radius 3 is 2.54 bits per heavy atom. The minimum Gasteiger partial charge on any atom is -0.494 e. The van der Waals surface area contributed by atoms with Crippen molar-refractivity contribution in [3.63, 3.8) is 0 Å². The van der Waals surface area contributed by atoms with E-state index in [0.29, 0.717) is 0 Å². The van der Waals surface area contributed by atoms with Crippen LogP contribution in [0.1, 0.15) is 33.0 Å². The van der Waals surface area contributed by atoms with Gasteiger partial charge in [0.1, 0.15) is 22.4 Å². The van der Waals surface area contributed by atoms with Crippen molar-refractivity contribution in [2.75, 3.05) is 13.7 Å². The van der Waals surface area contributed by atoms with Crippen LogP contribution in [-0.2, 0) is 11.3 Å². The number of hydrogen-bond acceptors (Lipinski definition) is 4. The third-order valence-electron chi connectivity index (χ3n) is 3.32. The van der Waals surface area contributed by atoms with Crippen LogP contribution in [0, 0.1) is 11.6 Å². The Morgan fingerprint density at radius 1 is 1.35 bits per heavy atom. The number of methoxy groups -OCH3 is 1. The van der Waals surface area contributed by atoms with Crippen molar-refractivity contribution < 1.29 is 31.8 Å². The first-order chi connectivity index (χ1) is 12.0. The largest absolute Gasteiger partial charge is 0.494 e. The third-order valence-corrected chi connectivity index (χ3v) is 3.32. The lowest BCUT2D eigenvalue weighted by Crippen LogP contribution is -2.34. The Balaban J connectivity index is 2.35. The molecule has 0 aliphatic carbocycles. The van der Waals surface area contributed by atoms with Crippen LogP contribution in [0.5, 0.6) is 5.75 Å². The van der Waals surface area contributed by atoms with E-state index in [9.17, 15) is 22.4 Å². The molecule has 2 rings (SSSR count). The van der Waals surface area contributed by atoms with Crippen molar-refractivity contribution in [3.05, 3.63) is 23.5 Å². The molecule has 1 aromatic heterocycles. The minimum absolute atomic E-state index is 0.154. The second-order valence-electron chi connectivity index (χ2n) is 6.42. The van der Waals surface area contributed by atoms with Crippen LogP contribution in [0.25, 0.3) is 11.0 Å². The van der Waals surface area contributed by atoms with Crippen LogP contribution in [0.2, 0.25) is 0 Å². The van der Waals surface area contributed by atoms with Crippen molar-refractivity contribution in [1.82, 2.24) is 14.9 Å². The first-order valence-corrected chi connectivity index (χ1v) is 7.72. The number of nitrogens with zero attached hydrogens (tertiary/aromatic N) is 2. The van der Waals surface area contributed by atoms with Gasteiger partial charge in [-0.1, -0.05) is 0 Å². The summed E-state index contributed by atoms with van der Waals surface area (Å²) in [5, 5.41) is 2.37. The maximum absolute atomic E-state index is 14.2. The van der Waals surface area contributed by atoms with E-state index in [1.54, 1.807) is 20.8 Å². The molecule has 26 heavy (non-hydrogen) atoms. The fraction of sp³-hybridized carbons (Fsp3) is 0.500. The summed E-state index contributed by atoms with van der Waals surface area (Å²) in [6.45, 7) is 4.57. The number of amides is 1. The Labute approximate surface area is 147 Å². The van der Waals surface area contributed by atoms with Crippen LogP contribution in [0.3, 0.4) is 0 Å². The van der Waals surface area contributed by atoms with Gasteiger partial charge in [-0.05, 0) is 20.8 Å². The molecule has 144 valence electrons. The van der Waals surface area contributed by atoms with Gasteiger partial charge in [-0.15, -0.1) is 0 Å². The zero-order valence-electron chi connectivity index (χ0n) is 14.7. The van der Waals surface area contributed by atoms with Gasteiger partial charge in [0.05, 0.1) is 7.11 Å². The number of carbonyl (C=O) groups excluding carboxylic acids is 1. The predicted octanol–water partition coefficient (Wildman–Crippen LogP) is 3.79. The lowest BCUT2D eigenvalue weighted by molar-refractivity contribution is 0.0525. The van der Waals surface area contributed by atoms with Crippen molar-refractivity contribution in [3.8, 4) is 5.75 Å². The number of alkyl carbamates (subject to hydrolysis) is 1. The second-order valence-corrected chi connectivity index (χ2v) is 6.42. The van der Waals surface area contributed by atoms with Crippen LogP contribution in [-0.4, -0.2) is 34.9 Å². The number of carbonyl (C=O) groups is 1. The summed E-state index contributed by atoms with van der Waals surface area (Å²) in [6.07, 6.45) is -3.79. The Kier molecular flexibility index (Phi) is 5.62. The first kappa shape index (κ1) is 19.8. The zero-order chi connectivity index (χ0) is 19.6. The highest BCUT2D eigenvalue weighted by molar-refractivity contribution is 5.83. The number of benzene rings is 1. The molecule has 0 saturated heterocycles. The van der Waals surface area contributed by atoms with Gasteiger partial charge in [0.25, 0.3) is 6.43 Å². The molecule has 0 bridgehead atoms. The monoisotopic (exact) mass is 377 g/mol. The molecule has 0 aliphatic heterocycles. The van der Waals surface area contributed by atoms with Crippen LogP contribution >= 0.6 is 0 Å². The normalized spacial score (nSPS) is 11.9. The van der Waals surface area contributed by atoms with Gasteiger partial charge in [0, 0.05) is 19.2 Å². The Bertz CT molecular complexity index is 815. The summed E-state index contributed by atoms with van der Waals surface area (Å²) in [5.41, 5.74) is -1.41. The summed E-state index contributed by atoms with van der Waals surface area (Å²) in [4.78, 5) is 15.3. The summed E-state index contributed by atoms with van der Waals surface area (Å²) in [5.74, 6) is -3.50. The molecule has 0 aliphatic rings. The van der Waals surface area contributed by atoms with Crippen molar-refractivity contribution in [2.45, 2.75) is 39.3 Å². The lowest BCUT2D eigenvalue weighted by Gasteiger charge is -2.20. The fourth-order valence-corrected chi connectivity index (χ4v) is 2.36. The summed E-state index contributed by atoms with van der Waals surface area (Å²) < 4.78 is 65.3. The van der Waals surface area contributed by atoms with Gasteiger partial charge in [0.2, 0.25) is 0 Å². The molecule has 1 N–H and O–H groups in total. The molecule has 1 heterocycles. The van der Waals surface area contributed by atoms with E-state index in [1.165, 1.54) is 7.11 Å². The Hall–Kier alpha value is -2.52. The molecule has 10 heteroatoms. The number of rotatable bonds is 5. The molecular formula is C16H19F4N3O3. The standard InChI is InChI=1S/C16H19F4N3O3/c1-16(2,3)26-15(24)21-5-6-23-12-10(18)8(17)7-9(25-4)11(12)22-14(23)13(19)20/h7,13H,5-6H2,1-4H3,(H,21,24). The van der Waals surface area contributed by atoms with Gasteiger partial charge in [-0.25, -0.2) is 27.3 Å². The number of fused-ring (bicyclic) bond motifs is 1. The van der Waals surface area contributed by atoms with Crippen LogP contribution < -0.4 is 10.1 Å². The number of alkyl halides is 2. The molecule has 0 unspecified atom stereocenters. The van der Waals surface area contributed by atoms with Crippen molar-refractivity contribution in [2.24, 2.45) is 0 Å². The number of halogens is 4. The highest BCUT2D eigenvalue weighted by Gasteiger charge is 2.26. The average Bonchev–Trinajstić information content (AvgIpc) is 2.89. The molecule has 0 radical (unpaired) electrons. The SMILES string of the molecule is COc1cc(F)c(F)c2c1nc(C(F)F)n2CCNC(=O)OC(C)(C)C. The third kappa shape index (κ3) is 4.17. The molecule has 1 amide bonds. The van der Waals surface area contributed by atoms with Gasteiger partial charge in [-0.2, -0.15) is 0 Å². The predicted molar refractivity (Wildman–Crippen MR) is 85.4 cm³/mol. The summed E-state index contributed by atoms with van der Waals surface area (Å²) >= 11 is 0. The van der Waals surface area contributed by atoms with Gasteiger partial charge in [0.15, 0.2) is 17.5 Å². The van der Waals surface area contributed by atoms with Crippen LogP contribution in [0.4, 0.5) is 22.4 Å². The minimum atomic E-state index is -3.03. The molecule has 0 atom stereocenters. The van der Waals surface area contributed by atoms with Gasteiger partial charge >= 0.3 is 6.09 Å². The number of ether oxygens (including phenoxy) is 2. The van der Waals surface area contributed by atoms with E-state index in [4.69, 9.17) is 9.47 Å². The molecule has 0 fully saturated rings. The summed E-state index contributed by atoms with van der Waals surface area (Å²) in [7, 11) is 1.19. The van der Waals surface area contributed by atoms with Gasteiger partial charge in [-0.3, -0.25) is 0 Å². The highest BCUT2D eigenvalue weighted by Crippen LogP contribution is 2.33. The molecule has 6 nitrogen and oxygen atoms in total. The smallest absolute Gasteiger partial charge is 0.407 e. The number of imidazole rings is 1. The maximum Gasteiger partial charge on any atom is 0.407 e. The van der Waals surface area contributed by atoms with Crippen LogP contribution in [0.15, 0.2) is 6.07 Å². The van der Waals surface area contributed by atoms with E-state index >= 15 is 0 Å². The maximum atomic E-state index is 14.2. The number of nitrogens with one attached hydrogen (secondary N) is 1. The molecule has 2 aromatic rings. The fourth-order valence-electron chi connectivity index (χ4n) is 2.36. The zero-order valence-corrected chi connectivity index (χ0v) is 14.7. The number of aromatic nitrogens is 2. The highest BCUT2D eigenvalue weighted by atomic mass is 19.3. The van der Waals surface area contributed by atoms with E-state index in [2.05, 4.69) is 10.3 Å². The van der Waals surface area contributed by atoms with E-state index < -0.39 is 41.1 Å². The molecular weight excluding hydrogens is 358 g/mol. The second kappa shape index (κ2) is 7.38. The topological polar surface area (TPSA) is 65.4 Å². The number of hydrogen-bond donors (Lipinski definition) is 1.